The predicted molar refractivity (Wildman–Crippen MR) is 79.1 cm³/mol. The fraction of sp³-hybridized carbons (Fsp3) is 0.467. The number of aliphatic hydroxyl groups is 1. The molecule has 0 bridgehead atoms. The van der Waals surface area contributed by atoms with Crippen LogP contribution < -0.4 is 0 Å². The second-order valence-corrected chi connectivity index (χ2v) is 5.73. The van der Waals surface area contributed by atoms with E-state index in [9.17, 15) is 9.90 Å². The molecule has 1 aliphatic heterocycles. The fourth-order valence-electron chi connectivity index (χ4n) is 2.75. The van der Waals surface area contributed by atoms with Crippen LogP contribution in [-0.4, -0.2) is 54.9 Å². The Hall–Kier alpha value is -2.28. The van der Waals surface area contributed by atoms with Crippen molar-refractivity contribution in [3.05, 3.63) is 41.7 Å². The Bertz CT molecular complexity index is 650. The Morgan fingerprint density at radius 3 is 2.86 bits per heavy atom. The Morgan fingerprint density at radius 2 is 2.23 bits per heavy atom. The third-order valence-corrected chi connectivity index (χ3v) is 4.11. The van der Waals surface area contributed by atoms with Crippen LogP contribution in [-0.2, 0) is 13.5 Å². The van der Waals surface area contributed by atoms with Gasteiger partial charge in [0.1, 0.15) is 0 Å². The number of nitrogens with zero attached hydrogens (tertiary/aromatic N) is 5. The number of hydrogen-bond acceptors (Lipinski definition) is 5. The zero-order valence-corrected chi connectivity index (χ0v) is 12.7. The lowest BCUT2D eigenvalue weighted by atomic mass is 10.0. The molecule has 7 heteroatoms. The predicted octanol–water partition coefficient (Wildman–Crippen LogP) is 0.194. The highest BCUT2D eigenvalue weighted by Crippen LogP contribution is 2.22. The summed E-state index contributed by atoms with van der Waals surface area (Å²) in [6.07, 6.45) is 5.01. The number of amides is 1. The highest BCUT2D eigenvalue weighted by Gasteiger charge is 2.35. The first-order valence-electron chi connectivity index (χ1n) is 7.27. The molecule has 0 spiro atoms. The topological polar surface area (TPSA) is 84.1 Å². The van der Waals surface area contributed by atoms with Gasteiger partial charge in [-0.25, -0.2) is 0 Å². The zero-order valence-electron chi connectivity index (χ0n) is 12.7. The van der Waals surface area contributed by atoms with Gasteiger partial charge in [0, 0.05) is 50.3 Å². The maximum Gasteiger partial charge on any atom is 0.274 e. The highest BCUT2D eigenvalue weighted by atomic mass is 16.3. The average molecular weight is 301 g/mol. The number of aryl methyl sites for hydroxylation is 2. The molecule has 2 aromatic rings. The number of carbonyl (C=O) groups is 1. The van der Waals surface area contributed by atoms with Gasteiger partial charge in [-0.05, 0) is 19.4 Å². The number of carbonyl (C=O) groups excluding carboxylic acids is 1. The average Bonchev–Trinajstić information content (AvgIpc) is 3.03. The second kappa shape index (κ2) is 5.84. The second-order valence-electron chi connectivity index (χ2n) is 5.73. The molecule has 0 saturated carbocycles. The molecule has 2 atom stereocenters. The first kappa shape index (κ1) is 14.6. The molecule has 22 heavy (non-hydrogen) atoms. The molecule has 1 saturated heterocycles. The molecule has 0 unspecified atom stereocenters. The van der Waals surface area contributed by atoms with E-state index in [0.29, 0.717) is 25.2 Å². The number of rotatable bonds is 3. The van der Waals surface area contributed by atoms with Gasteiger partial charge in [-0.3, -0.25) is 19.4 Å². The van der Waals surface area contributed by atoms with Gasteiger partial charge >= 0.3 is 0 Å². The number of likely N-dealkylation sites (tertiary alicyclic amines) is 1. The molecular weight excluding hydrogens is 282 g/mol. The Labute approximate surface area is 128 Å². The molecule has 0 radical (unpaired) electrons. The molecule has 1 aliphatic rings. The van der Waals surface area contributed by atoms with E-state index < -0.39 is 6.10 Å². The molecule has 1 fully saturated rings. The summed E-state index contributed by atoms with van der Waals surface area (Å²) < 4.78 is 1.68. The van der Waals surface area contributed by atoms with Crippen molar-refractivity contribution in [2.75, 3.05) is 13.1 Å². The molecule has 116 valence electrons. The van der Waals surface area contributed by atoms with Crippen LogP contribution in [0.5, 0.6) is 0 Å². The number of hydrogen-bond donors (Lipinski definition) is 1. The quantitative estimate of drug-likeness (QED) is 0.875. The number of aliphatic hydroxyl groups excluding tert-OH is 1. The minimum Gasteiger partial charge on any atom is -0.391 e. The summed E-state index contributed by atoms with van der Waals surface area (Å²) in [6.45, 7) is 2.74. The largest absolute Gasteiger partial charge is 0.391 e. The van der Waals surface area contributed by atoms with Crippen LogP contribution in [0, 0.1) is 12.8 Å². The van der Waals surface area contributed by atoms with E-state index >= 15 is 0 Å². The molecule has 0 aliphatic carbocycles. The normalized spacial score (nSPS) is 21.3. The molecular formula is C15H19N5O2. The Kier molecular flexibility index (Phi) is 3.89. The lowest BCUT2D eigenvalue weighted by molar-refractivity contribution is 0.0758. The number of β-amino-alcohol motifs (C(OH)–C–C–N with tert-alkyl or cyclic N) is 1. The standard InChI is InChI=1S/C15H19N5O2/c1-10-5-13(18-19(10)2)15(22)20-8-11(14(21)9-20)6-12-7-16-3-4-17-12/h3-5,7,11,14,21H,6,8-9H2,1-2H3/t11-,14-/m1/s1. The van der Waals surface area contributed by atoms with E-state index in [4.69, 9.17) is 0 Å². The maximum absolute atomic E-state index is 12.5. The first-order valence-corrected chi connectivity index (χ1v) is 7.27. The first-order chi connectivity index (χ1) is 10.5. The van der Waals surface area contributed by atoms with E-state index in [0.717, 1.165) is 11.4 Å². The summed E-state index contributed by atoms with van der Waals surface area (Å²) in [7, 11) is 1.81. The monoisotopic (exact) mass is 301 g/mol. The summed E-state index contributed by atoms with van der Waals surface area (Å²) in [4.78, 5) is 22.4. The van der Waals surface area contributed by atoms with Crippen molar-refractivity contribution in [3.8, 4) is 0 Å². The van der Waals surface area contributed by atoms with Crippen LogP contribution in [0.3, 0.4) is 0 Å². The molecule has 1 N–H and O–H groups in total. The fourth-order valence-corrected chi connectivity index (χ4v) is 2.75. The minimum absolute atomic E-state index is 0.0227. The number of aromatic nitrogens is 4. The van der Waals surface area contributed by atoms with Crippen LogP contribution in [0.2, 0.25) is 0 Å². The molecule has 3 rings (SSSR count). The van der Waals surface area contributed by atoms with Gasteiger partial charge in [-0.2, -0.15) is 5.10 Å². The smallest absolute Gasteiger partial charge is 0.274 e. The van der Waals surface area contributed by atoms with E-state index in [2.05, 4.69) is 15.1 Å². The van der Waals surface area contributed by atoms with Crippen LogP contribution >= 0.6 is 0 Å². The molecule has 7 nitrogen and oxygen atoms in total. The van der Waals surface area contributed by atoms with Gasteiger partial charge in [-0.15, -0.1) is 0 Å². The summed E-state index contributed by atoms with van der Waals surface area (Å²) in [5, 5.41) is 14.4. The highest BCUT2D eigenvalue weighted by molar-refractivity contribution is 5.92. The third-order valence-electron chi connectivity index (χ3n) is 4.11. The van der Waals surface area contributed by atoms with E-state index in [-0.39, 0.29) is 11.8 Å². The molecule has 2 aromatic heterocycles. The van der Waals surface area contributed by atoms with Crippen molar-refractivity contribution in [2.24, 2.45) is 13.0 Å². The van der Waals surface area contributed by atoms with Crippen molar-refractivity contribution in [3.63, 3.8) is 0 Å². The van der Waals surface area contributed by atoms with Crippen LogP contribution in [0.15, 0.2) is 24.7 Å². The lowest BCUT2D eigenvalue weighted by Gasteiger charge is -2.14. The van der Waals surface area contributed by atoms with Crippen LogP contribution in [0.1, 0.15) is 21.9 Å². The molecule has 0 aromatic carbocycles. The van der Waals surface area contributed by atoms with Gasteiger partial charge in [0.05, 0.1) is 11.8 Å². The van der Waals surface area contributed by atoms with Gasteiger partial charge in [-0.1, -0.05) is 0 Å². The summed E-state index contributed by atoms with van der Waals surface area (Å²) in [6, 6.07) is 1.77. The Morgan fingerprint density at radius 1 is 1.41 bits per heavy atom. The summed E-state index contributed by atoms with van der Waals surface area (Å²) in [5.41, 5.74) is 2.18. The van der Waals surface area contributed by atoms with Crippen LogP contribution in [0.4, 0.5) is 0 Å². The van der Waals surface area contributed by atoms with Crippen molar-refractivity contribution in [1.29, 1.82) is 0 Å². The molecule has 3 heterocycles. The van der Waals surface area contributed by atoms with Gasteiger partial charge in [0.15, 0.2) is 5.69 Å². The SMILES string of the molecule is Cc1cc(C(=O)N2C[C@@H](Cc3cnccn3)[C@H](O)C2)nn1C. The minimum atomic E-state index is -0.546. The summed E-state index contributed by atoms with van der Waals surface area (Å²) in [5.74, 6) is -0.158. The van der Waals surface area contributed by atoms with Crippen LogP contribution in [0.25, 0.3) is 0 Å². The van der Waals surface area contributed by atoms with Crippen molar-refractivity contribution < 1.29 is 9.90 Å². The third kappa shape index (κ3) is 2.85. The zero-order chi connectivity index (χ0) is 15.7. The van der Waals surface area contributed by atoms with Crippen molar-refractivity contribution >= 4 is 5.91 Å². The van der Waals surface area contributed by atoms with Gasteiger partial charge < -0.3 is 10.0 Å². The lowest BCUT2D eigenvalue weighted by Crippen LogP contribution is -2.30. The Balaban J connectivity index is 1.68. The molecule has 1 amide bonds. The van der Waals surface area contributed by atoms with Crippen molar-refractivity contribution in [2.45, 2.75) is 19.4 Å². The summed E-state index contributed by atoms with van der Waals surface area (Å²) >= 11 is 0. The van der Waals surface area contributed by atoms with E-state index in [1.165, 1.54) is 0 Å². The van der Waals surface area contributed by atoms with E-state index in [1.54, 1.807) is 34.2 Å². The maximum atomic E-state index is 12.5. The van der Waals surface area contributed by atoms with Crippen molar-refractivity contribution in [1.82, 2.24) is 24.6 Å². The van der Waals surface area contributed by atoms with Gasteiger partial charge in [0.2, 0.25) is 0 Å². The van der Waals surface area contributed by atoms with Gasteiger partial charge in [0.25, 0.3) is 5.91 Å². The van der Waals surface area contributed by atoms with E-state index in [1.807, 2.05) is 14.0 Å².